The number of fused-ring (bicyclic) bond motifs is 1. The Labute approximate surface area is 151 Å². The lowest BCUT2D eigenvalue weighted by atomic mass is 10.1. The van der Waals surface area contributed by atoms with E-state index in [1.54, 1.807) is 4.68 Å². The first-order valence-electron chi connectivity index (χ1n) is 8.22. The van der Waals surface area contributed by atoms with E-state index in [9.17, 15) is 0 Å². The SMILES string of the molecule is CN1CCN(c2nc(N)c3c(-c4ccc(Cl)cc4)nn(C)c3n2)CC1. The summed E-state index contributed by atoms with van der Waals surface area (Å²) in [5, 5.41) is 6.08. The summed E-state index contributed by atoms with van der Waals surface area (Å²) in [6, 6.07) is 7.54. The lowest BCUT2D eigenvalue weighted by Crippen LogP contribution is -2.45. The van der Waals surface area contributed by atoms with Gasteiger partial charge in [0.1, 0.15) is 11.5 Å². The van der Waals surface area contributed by atoms with Crippen LogP contribution in [0.15, 0.2) is 24.3 Å². The summed E-state index contributed by atoms with van der Waals surface area (Å²) in [5.41, 5.74) is 8.76. The molecule has 0 spiro atoms. The van der Waals surface area contributed by atoms with Gasteiger partial charge in [-0.25, -0.2) is 4.68 Å². The van der Waals surface area contributed by atoms with E-state index in [4.69, 9.17) is 22.3 Å². The Balaban J connectivity index is 1.80. The van der Waals surface area contributed by atoms with Gasteiger partial charge < -0.3 is 15.5 Å². The number of hydrogen-bond donors (Lipinski definition) is 1. The van der Waals surface area contributed by atoms with Crippen molar-refractivity contribution >= 4 is 34.4 Å². The van der Waals surface area contributed by atoms with E-state index < -0.39 is 0 Å². The van der Waals surface area contributed by atoms with E-state index in [1.165, 1.54) is 0 Å². The van der Waals surface area contributed by atoms with Crippen LogP contribution in [-0.4, -0.2) is 57.9 Å². The maximum atomic E-state index is 6.30. The number of nitrogen functional groups attached to an aromatic ring is 1. The number of nitrogens with zero attached hydrogens (tertiary/aromatic N) is 6. The minimum absolute atomic E-state index is 0.456. The van der Waals surface area contributed by atoms with E-state index in [0.29, 0.717) is 16.8 Å². The Kier molecular flexibility index (Phi) is 3.97. The molecule has 0 bridgehead atoms. The zero-order valence-corrected chi connectivity index (χ0v) is 15.0. The van der Waals surface area contributed by atoms with Crippen LogP contribution >= 0.6 is 11.6 Å². The van der Waals surface area contributed by atoms with Crippen molar-refractivity contribution in [3.05, 3.63) is 29.3 Å². The number of benzene rings is 1. The molecule has 1 saturated heterocycles. The quantitative estimate of drug-likeness (QED) is 0.756. The minimum atomic E-state index is 0.456. The number of anilines is 2. The lowest BCUT2D eigenvalue weighted by Gasteiger charge is -2.32. The molecular weight excluding hydrogens is 338 g/mol. The third-order valence-electron chi connectivity index (χ3n) is 4.60. The highest BCUT2D eigenvalue weighted by molar-refractivity contribution is 6.30. The third-order valence-corrected chi connectivity index (χ3v) is 4.86. The average molecular weight is 358 g/mol. The summed E-state index contributed by atoms with van der Waals surface area (Å²) in [6.07, 6.45) is 0. The summed E-state index contributed by atoms with van der Waals surface area (Å²) in [7, 11) is 4.00. The van der Waals surface area contributed by atoms with Crippen LogP contribution < -0.4 is 10.6 Å². The molecule has 0 amide bonds. The van der Waals surface area contributed by atoms with Crippen molar-refractivity contribution in [1.82, 2.24) is 24.6 Å². The highest BCUT2D eigenvalue weighted by Crippen LogP contribution is 2.32. The second kappa shape index (κ2) is 6.16. The summed E-state index contributed by atoms with van der Waals surface area (Å²) in [6.45, 7) is 3.76. The molecule has 7 nitrogen and oxygen atoms in total. The zero-order valence-electron chi connectivity index (χ0n) is 14.3. The van der Waals surface area contributed by atoms with Gasteiger partial charge in [-0.1, -0.05) is 23.7 Å². The van der Waals surface area contributed by atoms with Gasteiger partial charge in [0.05, 0.1) is 5.39 Å². The highest BCUT2D eigenvalue weighted by atomic mass is 35.5. The minimum Gasteiger partial charge on any atom is -0.383 e. The number of aromatic nitrogens is 4. The van der Waals surface area contributed by atoms with Crippen molar-refractivity contribution in [3.63, 3.8) is 0 Å². The number of rotatable bonds is 2. The molecule has 3 aromatic rings. The molecule has 4 rings (SSSR count). The van der Waals surface area contributed by atoms with Gasteiger partial charge in [-0.05, 0) is 19.2 Å². The van der Waals surface area contributed by atoms with E-state index in [0.717, 1.165) is 48.5 Å². The van der Waals surface area contributed by atoms with Crippen molar-refractivity contribution in [2.75, 3.05) is 43.9 Å². The fourth-order valence-electron chi connectivity index (χ4n) is 3.12. The van der Waals surface area contributed by atoms with E-state index >= 15 is 0 Å². The Bertz CT molecular complexity index is 911. The molecule has 25 heavy (non-hydrogen) atoms. The molecule has 2 aromatic heterocycles. The number of aryl methyl sites for hydroxylation is 1. The first-order chi connectivity index (χ1) is 12.0. The van der Waals surface area contributed by atoms with E-state index in [1.807, 2.05) is 31.3 Å². The van der Waals surface area contributed by atoms with Crippen LogP contribution in [0.3, 0.4) is 0 Å². The molecule has 3 heterocycles. The van der Waals surface area contributed by atoms with Gasteiger partial charge >= 0.3 is 0 Å². The molecule has 1 aromatic carbocycles. The highest BCUT2D eigenvalue weighted by Gasteiger charge is 2.21. The van der Waals surface area contributed by atoms with Gasteiger partial charge in [0.2, 0.25) is 5.95 Å². The Morgan fingerprint density at radius 3 is 2.36 bits per heavy atom. The van der Waals surface area contributed by atoms with Crippen LogP contribution in [0.2, 0.25) is 5.02 Å². The lowest BCUT2D eigenvalue weighted by molar-refractivity contribution is 0.311. The van der Waals surface area contributed by atoms with Gasteiger partial charge in [0.25, 0.3) is 0 Å². The van der Waals surface area contributed by atoms with Crippen molar-refractivity contribution in [1.29, 1.82) is 0 Å². The van der Waals surface area contributed by atoms with Crippen LogP contribution in [0, 0.1) is 0 Å². The second-order valence-corrected chi connectivity index (χ2v) is 6.81. The number of hydrogen-bond acceptors (Lipinski definition) is 6. The summed E-state index contributed by atoms with van der Waals surface area (Å²) < 4.78 is 1.76. The normalized spacial score (nSPS) is 15.9. The molecule has 2 N–H and O–H groups in total. The number of likely N-dealkylation sites (N-methyl/N-ethyl adjacent to an activating group) is 1. The Morgan fingerprint density at radius 1 is 1.00 bits per heavy atom. The van der Waals surface area contributed by atoms with Crippen LogP contribution in [0.1, 0.15) is 0 Å². The monoisotopic (exact) mass is 357 g/mol. The molecule has 0 radical (unpaired) electrons. The first kappa shape index (κ1) is 16.1. The van der Waals surface area contributed by atoms with Gasteiger partial charge in [0, 0.05) is 43.8 Å². The van der Waals surface area contributed by atoms with E-state index in [-0.39, 0.29) is 0 Å². The van der Waals surface area contributed by atoms with E-state index in [2.05, 4.69) is 26.9 Å². The molecule has 0 atom stereocenters. The van der Waals surface area contributed by atoms with Crippen LogP contribution in [-0.2, 0) is 7.05 Å². The molecule has 1 aliphatic rings. The van der Waals surface area contributed by atoms with Crippen LogP contribution in [0.25, 0.3) is 22.3 Å². The zero-order chi connectivity index (χ0) is 17.6. The summed E-state index contributed by atoms with van der Waals surface area (Å²) in [4.78, 5) is 13.8. The molecule has 0 saturated carbocycles. The molecule has 0 unspecified atom stereocenters. The van der Waals surface area contributed by atoms with Crippen LogP contribution in [0.4, 0.5) is 11.8 Å². The molecule has 8 heteroatoms. The maximum Gasteiger partial charge on any atom is 0.229 e. The fourth-order valence-corrected chi connectivity index (χ4v) is 3.25. The third kappa shape index (κ3) is 2.89. The summed E-state index contributed by atoms with van der Waals surface area (Å²) >= 11 is 5.99. The van der Waals surface area contributed by atoms with Crippen molar-refractivity contribution < 1.29 is 0 Å². The second-order valence-electron chi connectivity index (χ2n) is 6.38. The predicted octanol–water partition coefficient (Wildman–Crippen LogP) is 2.02. The molecule has 0 aliphatic carbocycles. The fraction of sp³-hybridized carbons (Fsp3) is 0.353. The smallest absolute Gasteiger partial charge is 0.229 e. The Hall–Kier alpha value is -2.38. The maximum absolute atomic E-state index is 6.30. The molecule has 130 valence electrons. The molecule has 1 fully saturated rings. The molecular formula is C17H20ClN7. The number of piperazine rings is 1. The topological polar surface area (TPSA) is 76.1 Å². The summed E-state index contributed by atoms with van der Waals surface area (Å²) in [5.74, 6) is 1.13. The number of nitrogens with two attached hydrogens (primary N) is 1. The molecule has 1 aliphatic heterocycles. The average Bonchev–Trinajstić information content (AvgIpc) is 2.94. The van der Waals surface area contributed by atoms with Gasteiger partial charge in [-0.2, -0.15) is 15.1 Å². The van der Waals surface area contributed by atoms with Crippen molar-refractivity contribution in [2.45, 2.75) is 0 Å². The predicted molar refractivity (Wildman–Crippen MR) is 101 cm³/mol. The van der Waals surface area contributed by atoms with Crippen molar-refractivity contribution in [2.24, 2.45) is 7.05 Å². The van der Waals surface area contributed by atoms with Crippen molar-refractivity contribution in [3.8, 4) is 11.3 Å². The van der Waals surface area contributed by atoms with Gasteiger partial charge in [-0.15, -0.1) is 0 Å². The largest absolute Gasteiger partial charge is 0.383 e. The standard InChI is InChI=1S/C17H20ClN7/c1-23-7-9-25(10-8-23)17-20-15(19)13-14(22-24(2)16(13)21-17)11-3-5-12(18)6-4-11/h3-6H,7-10H2,1-2H3,(H2,19,20,21). The number of halogens is 1. The first-order valence-corrected chi connectivity index (χ1v) is 8.60. The van der Waals surface area contributed by atoms with Gasteiger partial charge in [0.15, 0.2) is 5.65 Å². The van der Waals surface area contributed by atoms with Gasteiger partial charge in [-0.3, -0.25) is 0 Å². The Morgan fingerprint density at radius 2 is 1.68 bits per heavy atom. The van der Waals surface area contributed by atoms with Crippen LogP contribution in [0.5, 0.6) is 0 Å².